The maximum absolute atomic E-state index is 12.9. The van der Waals surface area contributed by atoms with Gasteiger partial charge >= 0.3 is 23.9 Å². The lowest BCUT2D eigenvalue weighted by molar-refractivity contribution is -0.141. The van der Waals surface area contributed by atoms with Crippen LogP contribution >= 0.6 is 0 Å². The molecule has 0 aromatic heterocycles. The number of para-hydroxylation sites is 2. The van der Waals surface area contributed by atoms with E-state index in [0.29, 0.717) is 39.3 Å². The minimum Gasteiger partial charge on any atom is -0.466 e. The molecule has 0 spiro atoms. The van der Waals surface area contributed by atoms with Crippen molar-refractivity contribution in [3.63, 3.8) is 0 Å². The molecule has 0 unspecified atom stereocenters. The fourth-order valence-corrected chi connectivity index (χ4v) is 5.43. The molecule has 2 aromatic rings. The summed E-state index contributed by atoms with van der Waals surface area (Å²) >= 11 is 0. The van der Waals surface area contributed by atoms with Crippen LogP contribution < -0.4 is 9.80 Å². The van der Waals surface area contributed by atoms with Crippen LogP contribution in [-0.4, -0.2) is 102 Å². The van der Waals surface area contributed by atoms with Crippen molar-refractivity contribution in [1.29, 1.82) is 0 Å². The van der Waals surface area contributed by atoms with Crippen molar-refractivity contribution in [2.45, 2.75) is 12.8 Å². The molecule has 2 aromatic carbocycles. The Morgan fingerprint density at radius 2 is 0.886 bits per heavy atom. The van der Waals surface area contributed by atoms with Crippen molar-refractivity contribution in [2.75, 3.05) is 77.8 Å². The van der Waals surface area contributed by atoms with Gasteiger partial charge in [-0.25, -0.2) is 19.2 Å². The van der Waals surface area contributed by atoms with E-state index < -0.39 is 23.9 Å². The topological polar surface area (TPSA) is 118 Å². The van der Waals surface area contributed by atoms with Crippen LogP contribution in [0.2, 0.25) is 0 Å². The first-order valence-electron chi connectivity index (χ1n) is 14.2. The molecule has 0 radical (unpaired) electrons. The first kappa shape index (κ1) is 31.9. The summed E-state index contributed by atoms with van der Waals surface area (Å²) in [5.41, 5.74) is 2.54. The quantitative estimate of drug-likeness (QED) is 0.213. The van der Waals surface area contributed by atoms with Crippen LogP contribution in [0.1, 0.15) is 12.8 Å². The van der Waals surface area contributed by atoms with Gasteiger partial charge in [0.2, 0.25) is 0 Å². The summed E-state index contributed by atoms with van der Waals surface area (Å²) in [6.45, 7) is 1.88. The molecule has 0 saturated carbocycles. The molecule has 2 heterocycles. The number of nitrogens with zero attached hydrogens (tertiary/aromatic N) is 4. The summed E-state index contributed by atoms with van der Waals surface area (Å²) in [6.07, 6.45) is 1.17. The first-order chi connectivity index (χ1) is 21.3. The zero-order valence-corrected chi connectivity index (χ0v) is 25.5. The number of hydrogen-bond acceptors (Lipinski definition) is 12. The van der Waals surface area contributed by atoms with Gasteiger partial charge in [-0.1, -0.05) is 36.4 Å². The maximum atomic E-state index is 12.9. The van der Waals surface area contributed by atoms with E-state index in [4.69, 9.17) is 18.9 Å². The number of unbranched alkanes of at least 4 members (excludes halogenated alkanes) is 1. The van der Waals surface area contributed by atoms with Crippen LogP contribution in [0.4, 0.5) is 11.4 Å². The van der Waals surface area contributed by atoms with Crippen LogP contribution in [0.3, 0.4) is 0 Å². The van der Waals surface area contributed by atoms with Crippen LogP contribution in [0, 0.1) is 0 Å². The van der Waals surface area contributed by atoms with Crippen LogP contribution in [-0.2, 0) is 38.1 Å². The standard InChI is InChI=1S/C32H38N4O8/c1-41-29(37)25-19-35(23-13-7-5-8-14-23)21-33(27(25)31(39)43-3)17-11-12-18-34-22-36(24-15-9-6-10-16-24)20-26(30(38)42-2)28(34)32(40)44-4/h5-10,13-16H,11-12,17-22H2,1-4H3. The van der Waals surface area contributed by atoms with Gasteiger partial charge in [0.25, 0.3) is 0 Å². The van der Waals surface area contributed by atoms with Gasteiger partial charge in [-0.3, -0.25) is 0 Å². The lowest BCUT2D eigenvalue weighted by Crippen LogP contribution is -2.49. The van der Waals surface area contributed by atoms with E-state index in [0.717, 1.165) is 11.4 Å². The highest BCUT2D eigenvalue weighted by Gasteiger charge is 2.36. The smallest absolute Gasteiger partial charge is 0.355 e. The Morgan fingerprint density at radius 3 is 1.20 bits per heavy atom. The Labute approximate surface area is 257 Å². The molecule has 0 saturated heterocycles. The molecule has 0 N–H and O–H groups in total. The number of rotatable bonds is 11. The summed E-state index contributed by atoms with van der Waals surface area (Å²) in [5, 5.41) is 0. The van der Waals surface area contributed by atoms with Gasteiger partial charge in [0.1, 0.15) is 11.4 Å². The molecule has 4 rings (SSSR count). The Morgan fingerprint density at radius 1 is 0.545 bits per heavy atom. The third kappa shape index (κ3) is 7.13. The van der Waals surface area contributed by atoms with Crippen molar-refractivity contribution >= 4 is 35.3 Å². The molecule has 0 atom stereocenters. The highest BCUT2D eigenvalue weighted by atomic mass is 16.5. The number of anilines is 2. The van der Waals surface area contributed by atoms with E-state index in [9.17, 15) is 19.2 Å². The Bertz CT molecular complexity index is 1300. The van der Waals surface area contributed by atoms with Crippen LogP contribution in [0.5, 0.6) is 0 Å². The zero-order chi connectivity index (χ0) is 31.6. The molecule has 0 fully saturated rings. The second kappa shape index (κ2) is 14.9. The van der Waals surface area contributed by atoms with Gasteiger partial charge < -0.3 is 38.5 Å². The predicted octanol–water partition coefficient (Wildman–Crippen LogP) is 2.53. The molecule has 0 amide bonds. The Balaban J connectivity index is 1.57. The number of ether oxygens (including phenoxy) is 4. The van der Waals surface area contributed by atoms with E-state index in [2.05, 4.69) is 0 Å². The lowest BCUT2D eigenvalue weighted by Gasteiger charge is -2.40. The lowest BCUT2D eigenvalue weighted by atomic mass is 10.1. The maximum Gasteiger partial charge on any atom is 0.355 e. The average Bonchev–Trinajstić information content (AvgIpc) is 3.08. The minimum atomic E-state index is -0.619. The fraction of sp³-hybridized carbons (Fsp3) is 0.375. The van der Waals surface area contributed by atoms with Crippen molar-refractivity contribution in [1.82, 2.24) is 9.80 Å². The largest absolute Gasteiger partial charge is 0.466 e. The summed E-state index contributed by atoms with van der Waals surface area (Å²) in [7, 11) is 5.12. The van der Waals surface area contributed by atoms with Crippen molar-refractivity contribution in [3.05, 3.63) is 83.2 Å². The van der Waals surface area contributed by atoms with E-state index in [1.54, 1.807) is 0 Å². The fourth-order valence-electron chi connectivity index (χ4n) is 5.43. The predicted molar refractivity (Wildman–Crippen MR) is 162 cm³/mol. The van der Waals surface area contributed by atoms with Crippen molar-refractivity contribution in [2.24, 2.45) is 0 Å². The van der Waals surface area contributed by atoms with Crippen molar-refractivity contribution < 1.29 is 38.1 Å². The number of carbonyl (C=O) groups is 4. The van der Waals surface area contributed by atoms with Gasteiger partial charge in [-0.15, -0.1) is 0 Å². The third-order valence-electron chi connectivity index (χ3n) is 7.55. The first-order valence-corrected chi connectivity index (χ1v) is 14.2. The van der Waals surface area contributed by atoms with Crippen molar-refractivity contribution in [3.8, 4) is 0 Å². The normalized spacial score (nSPS) is 15.3. The molecule has 2 aliphatic rings. The molecule has 0 aliphatic carbocycles. The SMILES string of the molecule is COC(=O)C1=C(C(=O)OC)N(CCCCN2CN(c3ccccc3)CC(C(=O)OC)=C2C(=O)OC)CN(c2ccccc2)C1. The highest BCUT2D eigenvalue weighted by molar-refractivity contribution is 6.02. The molecular weight excluding hydrogens is 568 g/mol. The monoisotopic (exact) mass is 606 g/mol. The summed E-state index contributed by atoms with van der Waals surface area (Å²) in [5.74, 6) is -2.44. The molecule has 234 valence electrons. The van der Waals surface area contributed by atoms with Gasteiger partial charge in [0.05, 0.1) is 66.0 Å². The number of benzene rings is 2. The van der Waals surface area contributed by atoms with Gasteiger partial charge in [0.15, 0.2) is 0 Å². The number of methoxy groups -OCH3 is 4. The van der Waals surface area contributed by atoms with Gasteiger partial charge in [-0.2, -0.15) is 0 Å². The Kier molecular flexibility index (Phi) is 10.8. The second-order valence-corrected chi connectivity index (χ2v) is 10.2. The zero-order valence-electron chi connectivity index (χ0n) is 25.5. The van der Waals surface area contributed by atoms with E-state index in [1.807, 2.05) is 80.3 Å². The molecule has 44 heavy (non-hydrogen) atoms. The van der Waals surface area contributed by atoms with E-state index >= 15 is 0 Å². The van der Waals surface area contributed by atoms with E-state index in [-0.39, 0.29) is 35.6 Å². The second-order valence-electron chi connectivity index (χ2n) is 10.2. The number of hydrogen-bond donors (Lipinski definition) is 0. The summed E-state index contributed by atoms with van der Waals surface area (Å²) in [6, 6.07) is 19.2. The molecular formula is C32H38N4O8. The van der Waals surface area contributed by atoms with Crippen LogP contribution in [0.25, 0.3) is 0 Å². The average molecular weight is 607 g/mol. The number of esters is 4. The minimum absolute atomic E-state index is 0.169. The summed E-state index contributed by atoms with van der Waals surface area (Å²) < 4.78 is 20.2. The molecule has 12 heteroatoms. The molecule has 12 nitrogen and oxygen atoms in total. The van der Waals surface area contributed by atoms with Gasteiger partial charge in [0, 0.05) is 24.5 Å². The highest BCUT2D eigenvalue weighted by Crippen LogP contribution is 2.28. The van der Waals surface area contributed by atoms with Gasteiger partial charge in [-0.05, 0) is 37.1 Å². The number of carbonyl (C=O) groups excluding carboxylic acids is 4. The third-order valence-corrected chi connectivity index (χ3v) is 7.55. The molecule has 0 bridgehead atoms. The van der Waals surface area contributed by atoms with E-state index in [1.165, 1.54) is 28.4 Å². The Hall–Kier alpha value is -5.00. The van der Waals surface area contributed by atoms with Crippen LogP contribution in [0.15, 0.2) is 83.2 Å². The summed E-state index contributed by atoms with van der Waals surface area (Å²) in [4.78, 5) is 59.1. The molecule has 2 aliphatic heterocycles.